The zero-order valence-electron chi connectivity index (χ0n) is 17.5. The highest BCUT2D eigenvalue weighted by atomic mass is 32.2. The molecule has 0 spiro atoms. The molecule has 2 aromatic carbocycles. The molecule has 0 saturated heterocycles. The molecule has 0 radical (unpaired) electrons. The normalized spacial score (nSPS) is 14.5. The van der Waals surface area contributed by atoms with Crippen molar-refractivity contribution in [2.45, 2.75) is 24.8 Å². The highest BCUT2D eigenvalue weighted by molar-refractivity contribution is 7.89. The number of rotatable bonds is 4. The number of nitrogens with zero attached hydrogens (tertiary/aromatic N) is 5. The first-order valence-corrected chi connectivity index (χ1v) is 11.5. The first kappa shape index (κ1) is 20.5. The van der Waals surface area contributed by atoms with Crippen molar-refractivity contribution in [3.8, 4) is 23.0 Å². The molecule has 2 aromatic heterocycles. The van der Waals surface area contributed by atoms with E-state index in [1.54, 1.807) is 41.9 Å². The maximum Gasteiger partial charge on any atom is 0.268 e. The van der Waals surface area contributed by atoms with Gasteiger partial charge in [0.1, 0.15) is 5.82 Å². The number of benzene rings is 2. The molecule has 0 fully saturated rings. The predicted octanol–water partition coefficient (Wildman–Crippen LogP) is 3.33. The van der Waals surface area contributed by atoms with E-state index in [9.17, 15) is 12.8 Å². The second-order valence-electron chi connectivity index (χ2n) is 7.67. The van der Waals surface area contributed by atoms with E-state index < -0.39 is 10.0 Å². The lowest BCUT2D eigenvalue weighted by molar-refractivity contribution is 0.385. The Morgan fingerprint density at radius 2 is 1.75 bits per heavy atom. The van der Waals surface area contributed by atoms with Gasteiger partial charge in [0.25, 0.3) is 5.89 Å². The predicted molar refractivity (Wildman–Crippen MR) is 114 cm³/mol. The van der Waals surface area contributed by atoms with Crippen LogP contribution in [0.25, 0.3) is 23.0 Å². The van der Waals surface area contributed by atoms with Gasteiger partial charge in [-0.1, -0.05) is 18.2 Å². The van der Waals surface area contributed by atoms with Crippen LogP contribution in [0.5, 0.6) is 0 Å². The highest BCUT2D eigenvalue weighted by Gasteiger charge is 2.34. The monoisotopic (exact) mass is 453 g/mol. The van der Waals surface area contributed by atoms with Gasteiger partial charge in [0.05, 0.1) is 4.90 Å². The number of hydrogen-bond acceptors (Lipinski definition) is 6. The Hall–Kier alpha value is -3.37. The summed E-state index contributed by atoms with van der Waals surface area (Å²) in [7, 11) is -1.86. The van der Waals surface area contributed by atoms with Crippen molar-refractivity contribution < 1.29 is 17.2 Å². The van der Waals surface area contributed by atoms with Crippen molar-refractivity contribution in [2.24, 2.45) is 7.05 Å². The molecule has 3 heterocycles. The fourth-order valence-corrected chi connectivity index (χ4v) is 5.59. The van der Waals surface area contributed by atoms with E-state index in [2.05, 4.69) is 15.3 Å². The Kier molecular flexibility index (Phi) is 4.90. The summed E-state index contributed by atoms with van der Waals surface area (Å²) in [6, 6.07) is 12.7. The molecule has 0 unspecified atom stereocenters. The average Bonchev–Trinajstić information content (AvgIpc) is 3.39. The summed E-state index contributed by atoms with van der Waals surface area (Å²) >= 11 is 0. The molecule has 0 saturated carbocycles. The van der Waals surface area contributed by atoms with Crippen molar-refractivity contribution in [3.05, 3.63) is 71.2 Å². The lowest BCUT2D eigenvalue weighted by atomic mass is 10.1. The topological polar surface area (TPSA) is 94.1 Å². The summed E-state index contributed by atoms with van der Waals surface area (Å²) in [4.78, 5) is 0.297. The minimum Gasteiger partial charge on any atom is -0.415 e. The molecular formula is C22H20FN5O3S. The quantitative estimate of drug-likeness (QED) is 0.471. The van der Waals surface area contributed by atoms with E-state index in [4.69, 9.17) is 4.42 Å². The molecule has 164 valence electrons. The lowest BCUT2D eigenvalue weighted by Gasteiger charge is -2.27. The third-order valence-electron chi connectivity index (χ3n) is 5.64. The summed E-state index contributed by atoms with van der Waals surface area (Å²) < 4.78 is 48.8. The standard InChI is InChI=1S/C22H20FN5O3S/c1-14-5-3-4-6-19(14)32(29,30)28-12-11-18-17(13-28)20(26-27(18)2)22-25-24-21(31-22)15-7-9-16(23)10-8-15/h3-10H,11-13H2,1-2H3. The molecule has 8 nitrogen and oxygen atoms in total. The van der Waals surface area contributed by atoms with Crippen LogP contribution in [0.1, 0.15) is 16.8 Å². The first-order valence-electron chi connectivity index (χ1n) is 10.0. The number of sulfonamides is 1. The second-order valence-corrected chi connectivity index (χ2v) is 9.58. The Morgan fingerprint density at radius 3 is 2.50 bits per heavy atom. The number of fused-ring (bicyclic) bond motifs is 1. The number of hydrogen-bond donors (Lipinski definition) is 0. The molecule has 0 amide bonds. The van der Waals surface area contributed by atoms with Crippen LogP contribution in [0.3, 0.4) is 0 Å². The molecule has 4 aromatic rings. The van der Waals surface area contributed by atoms with E-state index in [1.807, 2.05) is 13.1 Å². The summed E-state index contributed by atoms with van der Waals surface area (Å²) in [6.07, 6.45) is 0.517. The largest absolute Gasteiger partial charge is 0.415 e. The Morgan fingerprint density at radius 1 is 1.03 bits per heavy atom. The van der Waals surface area contributed by atoms with Gasteiger partial charge in [-0.15, -0.1) is 10.2 Å². The second kappa shape index (κ2) is 7.64. The number of aryl methyl sites for hydroxylation is 2. The smallest absolute Gasteiger partial charge is 0.268 e. The minimum atomic E-state index is -3.67. The van der Waals surface area contributed by atoms with Crippen LogP contribution < -0.4 is 0 Å². The van der Waals surface area contributed by atoms with E-state index in [0.29, 0.717) is 34.7 Å². The van der Waals surface area contributed by atoms with Crippen LogP contribution in [0, 0.1) is 12.7 Å². The third kappa shape index (κ3) is 3.41. The van der Waals surface area contributed by atoms with Crippen LogP contribution in [-0.2, 0) is 30.0 Å². The molecule has 0 atom stereocenters. The van der Waals surface area contributed by atoms with Crippen LogP contribution in [0.4, 0.5) is 4.39 Å². The highest BCUT2D eigenvalue weighted by Crippen LogP contribution is 2.33. The fourth-order valence-electron chi connectivity index (χ4n) is 3.96. The van der Waals surface area contributed by atoms with Gasteiger partial charge in [0.2, 0.25) is 15.9 Å². The van der Waals surface area contributed by atoms with Crippen LogP contribution in [0.2, 0.25) is 0 Å². The summed E-state index contributed by atoms with van der Waals surface area (Å²) in [6.45, 7) is 2.30. The van der Waals surface area contributed by atoms with Gasteiger partial charge in [-0.3, -0.25) is 4.68 Å². The Balaban J connectivity index is 1.51. The molecular weight excluding hydrogens is 433 g/mol. The third-order valence-corrected chi connectivity index (χ3v) is 7.64. The molecule has 0 aliphatic carbocycles. The van der Waals surface area contributed by atoms with Gasteiger partial charge in [-0.25, -0.2) is 12.8 Å². The Bertz CT molecular complexity index is 1410. The van der Waals surface area contributed by atoms with Gasteiger partial charge < -0.3 is 4.42 Å². The summed E-state index contributed by atoms with van der Waals surface area (Å²) in [5.74, 6) is 0.0677. The molecule has 32 heavy (non-hydrogen) atoms. The molecule has 1 aliphatic rings. The molecule has 0 bridgehead atoms. The first-order chi connectivity index (χ1) is 15.3. The van der Waals surface area contributed by atoms with Gasteiger partial charge >= 0.3 is 0 Å². The lowest BCUT2D eigenvalue weighted by Crippen LogP contribution is -2.36. The summed E-state index contributed by atoms with van der Waals surface area (Å²) in [5.41, 5.74) is 3.40. The van der Waals surface area contributed by atoms with E-state index in [-0.39, 0.29) is 24.1 Å². The van der Waals surface area contributed by atoms with Crippen molar-refractivity contribution in [2.75, 3.05) is 6.54 Å². The molecule has 5 rings (SSSR count). The van der Waals surface area contributed by atoms with E-state index in [0.717, 1.165) is 11.3 Å². The van der Waals surface area contributed by atoms with Crippen LogP contribution in [-0.4, -0.2) is 39.2 Å². The van der Waals surface area contributed by atoms with E-state index >= 15 is 0 Å². The van der Waals surface area contributed by atoms with Gasteiger partial charge in [-0.05, 0) is 42.8 Å². The Labute approximate surface area is 184 Å². The minimum absolute atomic E-state index is 0.156. The molecule has 10 heteroatoms. The summed E-state index contributed by atoms with van der Waals surface area (Å²) in [5, 5.41) is 12.7. The van der Waals surface area contributed by atoms with E-state index in [1.165, 1.54) is 16.4 Å². The maximum atomic E-state index is 13.3. The zero-order chi connectivity index (χ0) is 22.5. The van der Waals surface area contributed by atoms with Crippen LogP contribution in [0.15, 0.2) is 57.8 Å². The van der Waals surface area contributed by atoms with Gasteiger partial charge in [0.15, 0.2) is 5.69 Å². The van der Waals surface area contributed by atoms with Gasteiger partial charge in [0, 0.05) is 43.4 Å². The average molecular weight is 453 g/mol. The van der Waals surface area contributed by atoms with Crippen molar-refractivity contribution >= 4 is 10.0 Å². The maximum absolute atomic E-state index is 13.3. The zero-order valence-corrected chi connectivity index (χ0v) is 18.3. The number of halogens is 1. The fraction of sp³-hybridized carbons (Fsp3) is 0.227. The van der Waals surface area contributed by atoms with Crippen LogP contribution >= 0.6 is 0 Å². The van der Waals surface area contributed by atoms with Crippen molar-refractivity contribution in [1.82, 2.24) is 24.3 Å². The molecule has 1 aliphatic heterocycles. The van der Waals surface area contributed by atoms with Gasteiger partial charge in [-0.2, -0.15) is 9.40 Å². The molecule has 0 N–H and O–H groups in total. The van der Waals surface area contributed by atoms with Crippen molar-refractivity contribution in [3.63, 3.8) is 0 Å². The SMILES string of the molecule is Cc1ccccc1S(=O)(=O)N1CCc2c(c(-c3nnc(-c4ccc(F)cc4)o3)nn2C)C1. The number of aromatic nitrogens is 4. The van der Waals surface area contributed by atoms with Crippen molar-refractivity contribution in [1.29, 1.82) is 0 Å².